The summed E-state index contributed by atoms with van der Waals surface area (Å²) in [4.78, 5) is 30.1. The maximum atomic E-state index is 12.0. The zero-order chi connectivity index (χ0) is 17.5. The molecule has 2 saturated heterocycles. The van der Waals surface area contributed by atoms with Gasteiger partial charge in [0, 0.05) is 72.5 Å². The van der Waals surface area contributed by atoms with Crippen molar-refractivity contribution in [2.75, 3.05) is 66.1 Å². The van der Waals surface area contributed by atoms with Crippen LogP contribution >= 0.6 is 0 Å². The van der Waals surface area contributed by atoms with Gasteiger partial charge in [-0.1, -0.05) is 6.92 Å². The summed E-state index contributed by atoms with van der Waals surface area (Å²) in [6.45, 7) is 11.1. The molecule has 7 nitrogen and oxygen atoms in total. The van der Waals surface area contributed by atoms with E-state index >= 15 is 0 Å². The predicted octanol–water partition coefficient (Wildman–Crippen LogP) is -0.376. The Labute approximate surface area is 145 Å². The molecule has 0 aromatic rings. The number of rotatable bonds is 7. The average molecular weight is 340 g/mol. The average Bonchev–Trinajstić information content (AvgIpc) is 2.92. The Morgan fingerprint density at radius 3 is 2.50 bits per heavy atom. The number of nitrogens with one attached hydrogen (secondary N) is 1. The predicted molar refractivity (Wildman–Crippen MR) is 92.7 cm³/mol. The number of piperazine rings is 1. The third-order valence-corrected chi connectivity index (χ3v) is 5.09. The molecule has 0 unspecified atom stereocenters. The summed E-state index contributed by atoms with van der Waals surface area (Å²) in [5.41, 5.74) is 0. The Hall–Kier alpha value is -1.18. The summed E-state index contributed by atoms with van der Waals surface area (Å²) in [7, 11) is 1.67. The van der Waals surface area contributed by atoms with E-state index < -0.39 is 0 Å². The Morgan fingerprint density at radius 2 is 1.88 bits per heavy atom. The summed E-state index contributed by atoms with van der Waals surface area (Å²) in [6.07, 6.45) is 0.849. The van der Waals surface area contributed by atoms with Crippen molar-refractivity contribution < 1.29 is 14.3 Å². The van der Waals surface area contributed by atoms with Crippen LogP contribution in [0.2, 0.25) is 0 Å². The fourth-order valence-corrected chi connectivity index (χ4v) is 3.72. The number of methoxy groups -OCH3 is 1. The molecule has 0 bridgehead atoms. The highest BCUT2D eigenvalue weighted by Crippen LogP contribution is 2.22. The first-order valence-electron chi connectivity index (χ1n) is 8.98. The fourth-order valence-electron chi connectivity index (χ4n) is 3.72. The smallest absolute Gasteiger partial charge is 0.234 e. The maximum absolute atomic E-state index is 12.0. The second-order valence-electron chi connectivity index (χ2n) is 6.98. The number of nitrogens with zero attached hydrogens (tertiary/aromatic N) is 3. The Bertz CT molecular complexity index is 424. The molecule has 24 heavy (non-hydrogen) atoms. The molecule has 2 fully saturated rings. The highest BCUT2D eigenvalue weighted by atomic mass is 16.5. The van der Waals surface area contributed by atoms with Crippen LogP contribution in [-0.4, -0.2) is 98.6 Å². The van der Waals surface area contributed by atoms with Crippen LogP contribution in [0.5, 0.6) is 0 Å². The van der Waals surface area contributed by atoms with Gasteiger partial charge in [-0.05, 0) is 12.3 Å². The summed E-state index contributed by atoms with van der Waals surface area (Å²) in [6, 6.07) is 0.486. The normalized spacial score (nSPS) is 25.9. The zero-order valence-electron chi connectivity index (χ0n) is 15.3. The Morgan fingerprint density at radius 1 is 1.17 bits per heavy atom. The molecule has 138 valence electrons. The van der Waals surface area contributed by atoms with Crippen molar-refractivity contribution in [3.8, 4) is 0 Å². The minimum atomic E-state index is 0.0975. The van der Waals surface area contributed by atoms with Gasteiger partial charge < -0.3 is 15.0 Å². The fraction of sp³-hybridized carbons (Fsp3) is 0.882. The van der Waals surface area contributed by atoms with Crippen LogP contribution in [0, 0.1) is 5.92 Å². The molecule has 2 aliphatic rings. The van der Waals surface area contributed by atoms with E-state index in [1.165, 1.54) is 0 Å². The molecule has 2 amide bonds. The van der Waals surface area contributed by atoms with Gasteiger partial charge in [0.1, 0.15) is 0 Å². The zero-order valence-corrected chi connectivity index (χ0v) is 15.3. The third kappa shape index (κ3) is 5.43. The van der Waals surface area contributed by atoms with Crippen LogP contribution in [0.15, 0.2) is 0 Å². The first kappa shape index (κ1) is 19.1. The van der Waals surface area contributed by atoms with Crippen molar-refractivity contribution >= 4 is 11.8 Å². The van der Waals surface area contributed by atoms with Gasteiger partial charge in [0.15, 0.2) is 0 Å². The van der Waals surface area contributed by atoms with Gasteiger partial charge in [-0.25, -0.2) is 0 Å². The van der Waals surface area contributed by atoms with Crippen molar-refractivity contribution in [1.82, 2.24) is 20.0 Å². The highest BCUT2D eigenvalue weighted by Gasteiger charge is 2.35. The number of carbonyl (C=O) groups excluding carboxylic acids is 2. The van der Waals surface area contributed by atoms with Gasteiger partial charge in [-0.2, -0.15) is 0 Å². The van der Waals surface area contributed by atoms with E-state index in [0.717, 1.165) is 45.7 Å². The van der Waals surface area contributed by atoms with Crippen molar-refractivity contribution in [2.24, 2.45) is 5.92 Å². The first-order chi connectivity index (χ1) is 11.5. The number of likely N-dealkylation sites (tertiary alicyclic amines) is 1. The molecule has 0 aromatic carbocycles. The van der Waals surface area contributed by atoms with E-state index in [1.54, 1.807) is 14.0 Å². The summed E-state index contributed by atoms with van der Waals surface area (Å²) in [5.74, 6) is 0.816. The van der Waals surface area contributed by atoms with Gasteiger partial charge in [0.25, 0.3) is 0 Å². The Balaban J connectivity index is 1.72. The molecule has 2 heterocycles. The van der Waals surface area contributed by atoms with Crippen molar-refractivity contribution in [3.05, 3.63) is 0 Å². The SMILES string of the molecule is COCCCNC(=O)CN1C[C@@H](C)[C@H](N2CCN(C(C)=O)CC2)C1. The number of carbonyl (C=O) groups is 2. The molecule has 0 saturated carbocycles. The van der Waals surface area contributed by atoms with Crippen molar-refractivity contribution in [2.45, 2.75) is 26.3 Å². The number of hydrogen-bond acceptors (Lipinski definition) is 5. The van der Waals surface area contributed by atoms with Gasteiger partial charge in [0.05, 0.1) is 6.54 Å². The quantitative estimate of drug-likeness (QED) is 0.640. The lowest BCUT2D eigenvalue weighted by Gasteiger charge is -2.39. The Kier molecular flexibility index (Phi) is 7.45. The van der Waals surface area contributed by atoms with E-state index in [2.05, 4.69) is 22.0 Å². The molecule has 2 atom stereocenters. The maximum Gasteiger partial charge on any atom is 0.234 e. The molecular weight excluding hydrogens is 308 g/mol. The molecular formula is C17H32N4O3. The summed E-state index contributed by atoms with van der Waals surface area (Å²) >= 11 is 0. The summed E-state index contributed by atoms with van der Waals surface area (Å²) < 4.78 is 4.98. The first-order valence-corrected chi connectivity index (χ1v) is 8.98. The van der Waals surface area contributed by atoms with Crippen LogP contribution in [0.4, 0.5) is 0 Å². The summed E-state index contributed by atoms with van der Waals surface area (Å²) in [5, 5.41) is 2.95. The molecule has 0 spiro atoms. The minimum Gasteiger partial charge on any atom is -0.385 e. The molecule has 7 heteroatoms. The largest absolute Gasteiger partial charge is 0.385 e. The second-order valence-corrected chi connectivity index (χ2v) is 6.98. The van der Waals surface area contributed by atoms with Crippen LogP contribution in [0.3, 0.4) is 0 Å². The van der Waals surface area contributed by atoms with Crippen LogP contribution in [0.1, 0.15) is 20.3 Å². The highest BCUT2D eigenvalue weighted by molar-refractivity contribution is 5.78. The number of amides is 2. The molecule has 2 aliphatic heterocycles. The lowest BCUT2D eigenvalue weighted by Crippen LogP contribution is -2.53. The van der Waals surface area contributed by atoms with Crippen LogP contribution in [0.25, 0.3) is 0 Å². The van der Waals surface area contributed by atoms with Gasteiger partial charge in [0.2, 0.25) is 11.8 Å². The lowest BCUT2D eigenvalue weighted by molar-refractivity contribution is -0.131. The van der Waals surface area contributed by atoms with Crippen molar-refractivity contribution in [1.29, 1.82) is 0 Å². The monoisotopic (exact) mass is 340 g/mol. The minimum absolute atomic E-state index is 0.0975. The van der Waals surface area contributed by atoms with Gasteiger partial charge in [-0.3, -0.25) is 19.4 Å². The second kappa shape index (κ2) is 9.34. The lowest BCUT2D eigenvalue weighted by atomic mass is 10.0. The van der Waals surface area contributed by atoms with E-state index in [9.17, 15) is 9.59 Å². The molecule has 0 aromatic heterocycles. The van der Waals surface area contributed by atoms with E-state index in [-0.39, 0.29) is 11.8 Å². The standard InChI is InChI=1S/C17H32N4O3/c1-14-11-19(13-17(23)18-5-4-10-24-3)12-16(14)21-8-6-20(7-9-21)15(2)22/h14,16H,4-13H2,1-3H3,(H,18,23)/t14-,16-/m1/s1. The van der Waals surface area contributed by atoms with Crippen LogP contribution < -0.4 is 5.32 Å². The van der Waals surface area contributed by atoms with Gasteiger partial charge >= 0.3 is 0 Å². The molecule has 0 aliphatic carbocycles. The van der Waals surface area contributed by atoms with E-state index in [0.29, 0.717) is 31.7 Å². The van der Waals surface area contributed by atoms with Gasteiger partial charge in [-0.15, -0.1) is 0 Å². The van der Waals surface area contributed by atoms with Crippen molar-refractivity contribution in [3.63, 3.8) is 0 Å². The third-order valence-electron chi connectivity index (χ3n) is 5.09. The topological polar surface area (TPSA) is 65.1 Å². The molecule has 1 N–H and O–H groups in total. The van der Waals surface area contributed by atoms with E-state index in [4.69, 9.17) is 4.74 Å². The number of ether oxygens (including phenoxy) is 1. The number of hydrogen-bond donors (Lipinski definition) is 1. The molecule has 0 radical (unpaired) electrons. The van der Waals surface area contributed by atoms with E-state index in [1.807, 2.05) is 4.90 Å². The molecule has 2 rings (SSSR count). The van der Waals surface area contributed by atoms with Crippen LogP contribution in [-0.2, 0) is 14.3 Å².